The van der Waals surface area contributed by atoms with E-state index in [2.05, 4.69) is 0 Å². The van der Waals surface area contributed by atoms with Crippen LogP contribution in [-0.4, -0.2) is 22.9 Å². The van der Waals surface area contributed by atoms with Gasteiger partial charge in [0.1, 0.15) is 6.04 Å². The molecule has 3 aromatic carbocycles. The van der Waals surface area contributed by atoms with Gasteiger partial charge in [0.05, 0.1) is 0 Å². The maximum atomic E-state index is 13.2. The van der Waals surface area contributed by atoms with E-state index in [1.807, 2.05) is 62.4 Å². The third-order valence-electron chi connectivity index (χ3n) is 4.66. The summed E-state index contributed by atoms with van der Waals surface area (Å²) in [4.78, 5) is 24.1. The Bertz CT molecular complexity index is 1010. The van der Waals surface area contributed by atoms with Gasteiger partial charge in [-0.3, -0.25) is 9.59 Å². The zero-order valence-corrected chi connectivity index (χ0v) is 14.8. The number of aliphatic carboxylic acids is 1. The number of rotatable bonds is 5. The van der Waals surface area contributed by atoms with E-state index in [1.165, 1.54) is 0 Å². The van der Waals surface area contributed by atoms with Crippen LogP contribution in [0.3, 0.4) is 0 Å². The van der Waals surface area contributed by atoms with Gasteiger partial charge in [-0.05, 0) is 59.9 Å². The zero-order chi connectivity index (χ0) is 18.8. The largest absolute Gasteiger partial charge is 0.480 e. The number of aryl methyl sites for hydroxylation is 2. The fourth-order valence-corrected chi connectivity index (χ4v) is 3.13. The van der Waals surface area contributed by atoms with Gasteiger partial charge in [0.15, 0.2) is 5.78 Å². The second-order valence-corrected chi connectivity index (χ2v) is 6.64. The molecule has 0 aliphatic rings. The minimum atomic E-state index is -1.05. The summed E-state index contributed by atoms with van der Waals surface area (Å²) in [6, 6.07) is 16.3. The number of hydrogen-bond donors (Lipinski definition) is 2. The summed E-state index contributed by atoms with van der Waals surface area (Å²) < 4.78 is 0. The molecule has 0 aliphatic heterocycles. The summed E-state index contributed by atoms with van der Waals surface area (Å²) in [6.07, 6.45) is 0.187. The molecule has 0 bridgehead atoms. The Morgan fingerprint density at radius 3 is 2.19 bits per heavy atom. The van der Waals surface area contributed by atoms with Crippen molar-refractivity contribution in [2.24, 2.45) is 5.73 Å². The Kier molecular flexibility index (Phi) is 4.87. The molecule has 0 amide bonds. The van der Waals surface area contributed by atoms with Gasteiger partial charge in [0.25, 0.3) is 0 Å². The zero-order valence-electron chi connectivity index (χ0n) is 14.8. The summed E-state index contributed by atoms with van der Waals surface area (Å²) in [5.74, 6) is -1.11. The topological polar surface area (TPSA) is 80.4 Å². The summed E-state index contributed by atoms with van der Waals surface area (Å²) in [6.45, 7) is 3.81. The molecule has 0 saturated heterocycles. The van der Waals surface area contributed by atoms with Crippen LogP contribution in [-0.2, 0) is 11.2 Å². The predicted molar refractivity (Wildman–Crippen MR) is 103 cm³/mol. The lowest BCUT2D eigenvalue weighted by Gasteiger charge is -2.12. The molecule has 0 aliphatic carbocycles. The van der Waals surface area contributed by atoms with Gasteiger partial charge < -0.3 is 10.8 Å². The molecular formula is C22H21NO3. The molecule has 3 aromatic rings. The molecule has 0 unspecified atom stereocenters. The first kappa shape index (κ1) is 17.8. The fourth-order valence-electron chi connectivity index (χ4n) is 3.13. The Balaban J connectivity index is 2.02. The van der Waals surface area contributed by atoms with Crippen molar-refractivity contribution in [1.29, 1.82) is 0 Å². The van der Waals surface area contributed by atoms with Gasteiger partial charge in [0, 0.05) is 11.1 Å². The molecule has 132 valence electrons. The number of benzene rings is 3. The van der Waals surface area contributed by atoms with E-state index in [-0.39, 0.29) is 12.2 Å². The van der Waals surface area contributed by atoms with Crippen molar-refractivity contribution in [1.82, 2.24) is 0 Å². The average molecular weight is 347 g/mol. The monoisotopic (exact) mass is 347 g/mol. The van der Waals surface area contributed by atoms with E-state index in [0.717, 1.165) is 27.5 Å². The van der Waals surface area contributed by atoms with Crippen LogP contribution < -0.4 is 5.73 Å². The van der Waals surface area contributed by atoms with Crippen LogP contribution in [0.4, 0.5) is 0 Å². The van der Waals surface area contributed by atoms with Crippen molar-refractivity contribution >= 4 is 22.5 Å². The molecule has 3 N–H and O–H groups in total. The number of hydrogen-bond acceptors (Lipinski definition) is 3. The van der Waals surface area contributed by atoms with Gasteiger partial charge in [0.2, 0.25) is 0 Å². The lowest BCUT2D eigenvalue weighted by molar-refractivity contribution is -0.138. The van der Waals surface area contributed by atoms with E-state index in [4.69, 9.17) is 10.8 Å². The molecular weight excluding hydrogens is 326 g/mol. The molecule has 0 aromatic heterocycles. The highest BCUT2D eigenvalue weighted by molar-refractivity contribution is 6.12. The van der Waals surface area contributed by atoms with Crippen LogP contribution in [0.5, 0.6) is 0 Å². The summed E-state index contributed by atoms with van der Waals surface area (Å²) >= 11 is 0. The molecule has 3 rings (SSSR count). The Labute approximate surface area is 152 Å². The van der Waals surface area contributed by atoms with Crippen molar-refractivity contribution in [3.05, 3.63) is 82.4 Å². The quantitative estimate of drug-likeness (QED) is 0.691. The van der Waals surface area contributed by atoms with Crippen molar-refractivity contribution in [2.75, 3.05) is 0 Å². The standard InChI is InChI=1S/C22H21NO3/c1-13-7-8-15(11-20(23)22(25)26)10-18(13)21(24)19-12-17-6-4-3-5-16(17)9-14(19)2/h3-10,12,20H,11,23H2,1-2H3,(H,25,26)/t20-/m0/s1. The number of carboxylic acids is 1. The first-order valence-corrected chi connectivity index (χ1v) is 8.49. The number of carboxylic acid groups (broad SMARTS) is 1. The molecule has 0 saturated carbocycles. The SMILES string of the molecule is Cc1ccc(C[C@H](N)C(=O)O)cc1C(=O)c1cc2ccccc2cc1C. The summed E-state index contributed by atoms with van der Waals surface area (Å²) in [7, 11) is 0. The molecule has 4 heteroatoms. The van der Waals surface area contributed by atoms with Crippen molar-refractivity contribution in [3.63, 3.8) is 0 Å². The van der Waals surface area contributed by atoms with Crippen LogP contribution in [0.25, 0.3) is 10.8 Å². The van der Waals surface area contributed by atoms with E-state index in [9.17, 15) is 9.59 Å². The smallest absolute Gasteiger partial charge is 0.320 e. The van der Waals surface area contributed by atoms with E-state index in [1.54, 1.807) is 6.07 Å². The van der Waals surface area contributed by atoms with E-state index >= 15 is 0 Å². The minimum absolute atomic E-state index is 0.0588. The lowest BCUT2D eigenvalue weighted by Crippen LogP contribution is -2.32. The lowest BCUT2D eigenvalue weighted by atomic mass is 9.91. The third kappa shape index (κ3) is 3.51. The van der Waals surface area contributed by atoms with Crippen LogP contribution in [0.1, 0.15) is 32.6 Å². The van der Waals surface area contributed by atoms with Crippen molar-refractivity contribution in [2.45, 2.75) is 26.3 Å². The Hall–Kier alpha value is -2.98. The first-order chi connectivity index (χ1) is 12.4. The van der Waals surface area contributed by atoms with Crippen LogP contribution in [0.2, 0.25) is 0 Å². The van der Waals surface area contributed by atoms with Gasteiger partial charge in [-0.2, -0.15) is 0 Å². The molecule has 1 atom stereocenters. The molecule has 0 heterocycles. The van der Waals surface area contributed by atoms with Crippen molar-refractivity contribution < 1.29 is 14.7 Å². The minimum Gasteiger partial charge on any atom is -0.480 e. The maximum Gasteiger partial charge on any atom is 0.320 e. The number of nitrogens with two attached hydrogens (primary N) is 1. The Morgan fingerprint density at radius 2 is 1.54 bits per heavy atom. The average Bonchev–Trinajstić information content (AvgIpc) is 2.62. The number of fused-ring (bicyclic) bond motifs is 1. The number of ketones is 1. The van der Waals surface area contributed by atoms with Crippen molar-refractivity contribution in [3.8, 4) is 0 Å². The highest BCUT2D eigenvalue weighted by Gasteiger charge is 2.18. The molecule has 0 fully saturated rings. The van der Waals surface area contributed by atoms with Gasteiger partial charge in [-0.1, -0.05) is 42.5 Å². The van der Waals surface area contributed by atoms with Crippen LogP contribution in [0, 0.1) is 13.8 Å². The highest BCUT2D eigenvalue weighted by Crippen LogP contribution is 2.24. The third-order valence-corrected chi connectivity index (χ3v) is 4.66. The molecule has 26 heavy (non-hydrogen) atoms. The highest BCUT2D eigenvalue weighted by atomic mass is 16.4. The van der Waals surface area contributed by atoms with E-state index < -0.39 is 12.0 Å². The second kappa shape index (κ2) is 7.10. The summed E-state index contributed by atoms with van der Waals surface area (Å²) in [5.41, 5.74) is 9.38. The summed E-state index contributed by atoms with van der Waals surface area (Å²) in [5, 5.41) is 11.1. The predicted octanol–water partition coefficient (Wildman–Crippen LogP) is 3.64. The Morgan fingerprint density at radius 1 is 0.923 bits per heavy atom. The molecule has 0 spiro atoms. The van der Waals surface area contributed by atoms with Gasteiger partial charge in [-0.15, -0.1) is 0 Å². The normalized spacial score (nSPS) is 12.1. The number of carbonyl (C=O) groups excluding carboxylic acids is 1. The molecule has 0 radical (unpaired) electrons. The van der Waals surface area contributed by atoms with E-state index in [0.29, 0.717) is 11.1 Å². The first-order valence-electron chi connectivity index (χ1n) is 8.49. The number of carbonyl (C=O) groups is 2. The molecule has 4 nitrogen and oxygen atoms in total. The second-order valence-electron chi connectivity index (χ2n) is 6.64. The maximum absolute atomic E-state index is 13.2. The fraction of sp³-hybridized carbons (Fsp3) is 0.182. The van der Waals surface area contributed by atoms with Gasteiger partial charge in [-0.25, -0.2) is 0 Å². The van der Waals surface area contributed by atoms with Crippen LogP contribution >= 0.6 is 0 Å². The van der Waals surface area contributed by atoms with Crippen LogP contribution in [0.15, 0.2) is 54.6 Å². The van der Waals surface area contributed by atoms with Gasteiger partial charge >= 0.3 is 5.97 Å².